The molecule has 1 atom stereocenters. The van der Waals surface area contributed by atoms with E-state index in [0.29, 0.717) is 5.56 Å². The van der Waals surface area contributed by atoms with Crippen molar-refractivity contribution >= 4 is 47.8 Å². The predicted octanol–water partition coefficient (Wildman–Crippen LogP) is 4.29. The third-order valence-corrected chi connectivity index (χ3v) is 12.6. The van der Waals surface area contributed by atoms with Gasteiger partial charge in [0, 0.05) is 0 Å². The van der Waals surface area contributed by atoms with Crippen LogP contribution >= 0.6 is 11.3 Å². The molecule has 0 aliphatic carbocycles. The SMILES string of the molecule is Cc1ccc(/C=c2\sc3n(c2=O)C(N)=C(S(=O)(=O)c2ccccc2)[C@@H](c2ccc(C)cc2)C=3S(=O)(=O)c2ccccc2)cc1. The highest BCUT2D eigenvalue weighted by Crippen LogP contribution is 2.45. The van der Waals surface area contributed by atoms with Gasteiger partial charge in [0.1, 0.15) is 15.4 Å². The first-order valence-corrected chi connectivity index (χ1v) is 17.5. The predicted molar refractivity (Wildman–Crippen MR) is 175 cm³/mol. The lowest BCUT2D eigenvalue weighted by atomic mass is 9.96. The molecular weight excluding hydrogens is 613 g/mol. The van der Waals surface area contributed by atoms with Crippen molar-refractivity contribution < 1.29 is 16.8 Å². The maximum absolute atomic E-state index is 14.6. The fourth-order valence-electron chi connectivity index (χ4n) is 5.26. The van der Waals surface area contributed by atoms with Crippen molar-refractivity contribution in [3.05, 3.63) is 156 Å². The number of aromatic nitrogens is 1. The van der Waals surface area contributed by atoms with Gasteiger partial charge >= 0.3 is 0 Å². The molecule has 0 bridgehead atoms. The minimum atomic E-state index is -4.40. The molecule has 0 radical (unpaired) electrons. The Balaban J connectivity index is 1.80. The van der Waals surface area contributed by atoms with Crippen LogP contribution < -0.4 is 20.5 Å². The van der Waals surface area contributed by atoms with Gasteiger partial charge in [-0.25, -0.2) is 16.8 Å². The molecule has 10 heteroatoms. The van der Waals surface area contributed by atoms with Crippen LogP contribution in [0.15, 0.2) is 129 Å². The fourth-order valence-corrected chi connectivity index (χ4v) is 10.2. The zero-order valence-corrected chi connectivity index (χ0v) is 26.3. The second kappa shape index (κ2) is 11.2. The van der Waals surface area contributed by atoms with Crippen molar-refractivity contribution in [3.8, 4) is 0 Å². The topological polar surface area (TPSA) is 116 Å². The molecule has 0 spiro atoms. The van der Waals surface area contributed by atoms with Crippen molar-refractivity contribution in [3.63, 3.8) is 0 Å². The number of sulfone groups is 2. The molecule has 5 aromatic rings. The molecule has 0 saturated heterocycles. The summed E-state index contributed by atoms with van der Waals surface area (Å²) in [6, 6.07) is 30.0. The third-order valence-electron chi connectivity index (χ3n) is 7.52. The van der Waals surface area contributed by atoms with E-state index in [4.69, 9.17) is 5.73 Å². The molecule has 2 N–H and O–H groups in total. The molecule has 44 heavy (non-hydrogen) atoms. The molecular formula is C34H28N2O5S3. The summed E-state index contributed by atoms with van der Waals surface area (Å²) in [5.41, 5.74) is 9.18. The average molecular weight is 641 g/mol. The normalized spacial score (nSPS) is 15.8. The molecule has 222 valence electrons. The molecule has 0 amide bonds. The van der Waals surface area contributed by atoms with Crippen LogP contribution in [0.4, 0.5) is 0 Å². The summed E-state index contributed by atoms with van der Waals surface area (Å²) in [6.45, 7) is 3.83. The van der Waals surface area contributed by atoms with E-state index in [2.05, 4.69) is 0 Å². The van der Waals surface area contributed by atoms with Gasteiger partial charge in [-0.05, 0) is 55.3 Å². The van der Waals surface area contributed by atoms with E-state index >= 15 is 0 Å². The van der Waals surface area contributed by atoms with E-state index in [-0.39, 0.29) is 34.6 Å². The Kier molecular flexibility index (Phi) is 7.53. The molecule has 1 aromatic heterocycles. The summed E-state index contributed by atoms with van der Waals surface area (Å²) >= 11 is 0.974. The molecule has 6 rings (SSSR count). The lowest BCUT2D eigenvalue weighted by molar-refractivity contribution is 0.598. The van der Waals surface area contributed by atoms with E-state index < -0.39 is 31.2 Å². The average Bonchev–Trinajstić information content (AvgIpc) is 3.34. The number of allylic oxidation sites excluding steroid dienone is 1. The van der Waals surface area contributed by atoms with E-state index in [1.54, 1.807) is 66.7 Å². The summed E-state index contributed by atoms with van der Waals surface area (Å²) in [4.78, 5) is 13.3. The van der Waals surface area contributed by atoms with Crippen LogP contribution in [0.1, 0.15) is 28.2 Å². The van der Waals surface area contributed by atoms with E-state index in [9.17, 15) is 21.6 Å². The quantitative estimate of drug-likeness (QED) is 0.296. The van der Waals surface area contributed by atoms with Gasteiger partial charge in [-0.1, -0.05) is 96.1 Å². The minimum absolute atomic E-state index is 0.0273. The van der Waals surface area contributed by atoms with Crippen LogP contribution in [0.25, 0.3) is 16.8 Å². The van der Waals surface area contributed by atoms with Crippen molar-refractivity contribution in [2.45, 2.75) is 29.6 Å². The van der Waals surface area contributed by atoms with Crippen molar-refractivity contribution in [2.75, 3.05) is 0 Å². The highest BCUT2D eigenvalue weighted by atomic mass is 32.2. The van der Waals surface area contributed by atoms with Gasteiger partial charge in [0.05, 0.1) is 25.1 Å². The Morgan fingerprint density at radius 3 is 1.68 bits per heavy atom. The molecule has 1 aliphatic rings. The van der Waals surface area contributed by atoms with E-state index in [1.165, 1.54) is 24.3 Å². The Morgan fingerprint density at radius 1 is 0.682 bits per heavy atom. The van der Waals surface area contributed by atoms with E-state index in [0.717, 1.165) is 32.6 Å². The van der Waals surface area contributed by atoms with Gasteiger partial charge in [-0.3, -0.25) is 9.36 Å². The first-order valence-electron chi connectivity index (χ1n) is 13.7. The fraction of sp³-hybridized carbons (Fsp3) is 0.0882. The van der Waals surface area contributed by atoms with Crippen LogP contribution in [0.2, 0.25) is 0 Å². The van der Waals surface area contributed by atoms with Crippen molar-refractivity contribution in [1.82, 2.24) is 4.57 Å². The Bertz CT molecular complexity index is 2320. The molecule has 0 fully saturated rings. The number of rotatable bonds is 6. The number of hydrogen-bond acceptors (Lipinski definition) is 7. The minimum Gasteiger partial charge on any atom is -0.384 e. The first kappa shape index (κ1) is 29.6. The molecule has 7 nitrogen and oxygen atoms in total. The molecule has 2 heterocycles. The molecule has 4 aromatic carbocycles. The molecule has 0 saturated carbocycles. The van der Waals surface area contributed by atoms with Crippen LogP contribution in [0, 0.1) is 13.8 Å². The maximum Gasteiger partial charge on any atom is 0.274 e. The van der Waals surface area contributed by atoms with Gasteiger partial charge in [0.2, 0.25) is 19.7 Å². The Labute approximate surface area is 259 Å². The second-order valence-electron chi connectivity index (χ2n) is 10.6. The molecule has 1 aliphatic heterocycles. The van der Waals surface area contributed by atoms with Gasteiger partial charge in [-0.2, -0.15) is 0 Å². The zero-order chi connectivity index (χ0) is 31.2. The number of nitrogens with two attached hydrogens (primary N) is 1. The summed E-state index contributed by atoms with van der Waals surface area (Å²) in [5, 5.41) is 0. The van der Waals surface area contributed by atoms with Crippen molar-refractivity contribution in [2.24, 2.45) is 5.73 Å². The van der Waals surface area contributed by atoms with Crippen LogP contribution in [0.5, 0.6) is 0 Å². The summed E-state index contributed by atoms with van der Waals surface area (Å²) in [7, 11) is -8.77. The van der Waals surface area contributed by atoms with Crippen molar-refractivity contribution in [1.29, 1.82) is 0 Å². The van der Waals surface area contributed by atoms with Crippen LogP contribution in [0.3, 0.4) is 0 Å². The highest BCUT2D eigenvalue weighted by Gasteiger charge is 2.44. The molecule has 0 unspecified atom stereocenters. The Hall–Kier alpha value is -4.51. The number of fused-ring (bicyclic) bond motifs is 1. The first-order chi connectivity index (χ1) is 21.0. The zero-order valence-electron chi connectivity index (χ0n) is 23.8. The third kappa shape index (κ3) is 5.04. The summed E-state index contributed by atoms with van der Waals surface area (Å²) in [5.74, 6) is -1.65. The number of hydrogen-bond donors (Lipinski definition) is 1. The lowest BCUT2D eigenvalue weighted by Crippen LogP contribution is -2.41. The standard InChI is InChI=1S/C34H28N2O5S3/c1-22-13-17-24(18-14-22)21-28-33(37)36-32(35)30(43(38,39)26-9-5-3-6-10-26)29(25-19-15-23(2)16-20-25)31(34(36)42-28)44(40,41)27-11-7-4-8-12-27/h3-21,29H,35H2,1-2H3/b28-21-/t29-/m1/s1. The van der Waals surface area contributed by atoms with Gasteiger partial charge < -0.3 is 5.73 Å². The van der Waals surface area contributed by atoms with Gasteiger partial charge in [-0.15, -0.1) is 11.3 Å². The number of aryl methyl sites for hydroxylation is 2. The number of thiazole rings is 1. The van der Waals surface area contributed by atoms with Crippen LogP contribution in [-0.2, 0) is 19.7 Å². The number of nitrogens with zero attached hydrogens (tertiary/aromatic N) is 1. The summed E-state index contributed by atoms with van der Waals surface area (Å²) in [6.07, 6.45) is 1.66. The monoisotopic (exact) mass is 640 g/mol. The Morgan fingerprint density at radius 2 is 1.16 bits per heavy atom. The largest absolute Gasteiger partial charge is 0.384 e. The lowest BCUT2D eigenvalue weighted by Gasteiger charge is -2.29. The smallest absolute Gasteiger partial charge is 0.274 e. The number of benzene rings is 4. The van der Waals surface area contributed by atoms with Gasteiger partial charge in [0.25, 0.3) is 5.56 Å². The second-order valence-corrected chi connectivity index (χ2v) is 15.4. The maximum atomic E-state index is 14.6. The van der Waals surface area contributed by atoms with Gasteiger partial charge in [0.15, 0.2) is 0 Å². The highest BCUT2D eigenvalue weighted by molar-refractivity contribution is 8.00. The van der Waals surface area contributed by atoms with Crippen LogP contribution in [-0.4, -0.2) is 21.4 Å². The van der Waals surface area contributed by atoms with E-state index in [1.807, 2.05) is 38.1 Å². The summed E-state index contributed by atoms with van der Waals surface area (Å²) < 4.78 is 59.4.